The summed E-state index contributed by atoms with van der Waals surface area (Å²) in [6.45, 7) is 1.86. The highest BCUT2D eigenvalue weighted by Crippen LogP contribution is 2.11. The van der Waals surface area contributed by atoms with Crippen molar-refractivity contribution in [1.29, 1.82) is 0 Å². The molecule has 8 heteroatoms. The highest BCUT2D eigenvalue weighted by molar-refractivity contribution is 6.01. The molecule has 2 N–H and O–H groups in total. The lowest BCUT2D eigenvalue weighted by Crippen LogP contribution is -2.34. The first-order valence-electron chi connectivity index (χ1n) is 7.64. The van der Waals surface area contributed by atoms with Crippen LogP contribution in [0.5, 0.6) is 0 Å². The third-order valence-electron chi connectivity index (χ3n) is 3.94. The van der Waals surface area contributed by atoms with Crippen LogP contribution in [0.1, 0.15) is 36.2 Å². The first kappa shape index (κ1) is 14.7. The summed E-state index contributed by atoms with van der Waals surface area (Å²) in [7, 11) is 1.82. The molecule has 0 aliphatic carbocycles. The molecule has 2 aromatic rings. The largest absolute Gasteiger partial charge is 0.320 e. The Morgan fingerprint density at radius 2 is 2.41 bits per heavy atom. The number of nitrogens with one attached hydrogen (secondary N) is 2. The molecule has 0 radical (unpaired) electrons. The van der Waals surface area contributed by atoms with Gasteiger partial charge in [0, 0.05) is 32.0 Å². The Morgan fingerprint density at radius 3 is 3.14 bits per heavy atom. The lowest BCUT2D eigenvalue weighted by Gasteiger charge is -2.23. The molecule has 8 nitrogen and oxygen atoms in total. The van der Waals surface area contributed by atoms with Crippen molar-refractivity contribution in [2.24, 2.45) is 7.05 Å². The van der Waals surface area contributed by atoms with E-state index in [-0.39, 0.29) is 5.91 Å². The maximum absolute atomic E-state index is 12.1. The summed E-state index contributed by atoms with van der Waals surface area (Å²) >= 11 is 0. The Kier molecular flexibility index (Phi) is 4.47. The first-order valence-corrected chi connectivity index (χ1v) is 7.64. The van der Waals surface area contributed by atoms with E-state index >= 15 is 0 Å². The molecule has 118 valence electrons. The second kappa shape index (κ2) is 6.69. The van der Waals surface area contributed by atoms with Gasteiger partial charge in [-0.05, 0) is 25.8 Å². The van der Waals surface area contributed by atoms with Gasteiger partial charge >= 0.3 is 0 Å². The van der Waals surface area contributed by atoms with Gasteiger partial charge < -0.3 is 9.88 Å². The van der Waals surface area contributed by atoms with Gasteiger partial charge in [-0.1, -0.05) is 11.6 Å². The summed E-state index contributed by atoms with van der Waals surface area (Å²) in [4.78, 5) is 16.1. The Hall–Kier alpha value is -2.22. The molecule has 1 atom stereocenters. The fourth-order valence-electron chi connectivity index (χ4n) is 2.62. The lowest BCUT2D eigenvalue weighted by molar-refractivity contribution is 0.102. The van der Waals surface area contributed by atoms with Crippen molar-refractivity contribution in [2.45, 2.75) is 38.3 Å². The molecule has 1 aliphatic rings. The SMILES string of the molecule is Cn1ccnc1NC(=O)c1cn(CCC2CCCCN2)nn1. The van der Waals surface area contributed by atoms with Crippen LogP contribution < -0.4 is 10.6 Å². The average molecular weight is 303 g/mol. The molecular weight excluding hydrogens is 282 g/mol. The predicted molar refractivity (Wildman–Crippen MR) is 81.4 cm³/mol. The maximum Gasteiger partial charge on any atom is 0.280 e. The van der Waals surface area contributed by atoms with E-state index in [9.17, 15) is 4.79 Å². The highest BCUT2D eigenvalue weighted by atomic mass is 16.2. The number of rotatable bonds is 5. The Labute approximate surface area is 128 Å². The van der Waals surface area contributed by atoms with E-state index in [1.165, 1.54) is 19.3 Å². The summed E-state index contributed by atoms with van der Waals surface area (Å²) in [5.74, 6) is 0.197. The minimum Gasteiger partial charge on any atom is -0.320 e. The zero-order valence-electron chi connectivity index (χ0n) is 12.7. The van der Waals surface area contributed by atoms with Crippen molar-refractivity contribution >= 4 is 11.9 Å². The van der Waals surface area contributed by atoms with Crippen LogP contribution in [0.2, 0.25) is 0 Å². The molecule has 22 heavy (non-hydrogen) atoms. The molecule has 1 amide bonds. The number of aryl methyl sites for hydroxylation is 2. The Balaban J connectivity index is 1.54. The number of aromatic nitrogens is 5. The van der Waals surface area contributed by atoms with Crippen LogP contribution in [0.4, 0.5) is 5.95 Å². The number of carbonyl (C=O) groups is 1. The van der Waals surface area contributed by atoms with Crippen molar-refractivity contribution in [3.63, 3.8) is 0 Å². The number of anilines is 1. The van der Waals surface area contributed by atoms with Crippen molar-refractivity contribution in [3.8, 4) is 0 Å². The summed E-state index contributed by atoms with van der Waals surface area (Å²) in [5.41, 5.74) is 0.305. The van der Waals surface area contributed by atoms with Gasteiger partial charge in [-0.25, -0.2) is 4.98 Å². The van der Waals surface area contributed by atoms with Gasteiger partial charge in [-0.2, -0.15) is 0 Å². The summed E-state index contributed by atoms with van der Waals surface area (Å²) in [5, 5.41) is 14.2. The normalized spacial score (nSPS) is 18.3. The van der Waals surface area contributed by atoms with Crippen LogP contribution in [0.3, 0.4) is 0 Å². The smallest absolute Gasteiger partial charge is 0.280 e. The fourth-order valence-corrected chi connectivity index (χ4v) is 2.62. The van der Waals surface area contributed by atoms with Crippen LogP contribution in [0.15, 0.2) is 18.6 Å². The van der Waals surface area contributed by atoms with E-state index < -0.39 is 0 Å². The molecule has 3 heterocycles. The van der Waals surface area contributed by atoms with E-state index in [1.54, 1.807) is 27.8 Å². The highest BCUT2D eigenvalue weighted by Gasteiger charge is 2.15. The molecule has 0 aromatic carbocycles. The zero-order valence-corrected chi connectivity index (χ0v) is 12.7. The lowest BCUT2D eigenvalue weighted by atomic mass is 10.0. The second-order valence-electron chi connectivity index (χ2n) is 5.62. The molecule has 0 bridgehead atoms. The van der Waals surface area contributed by atoms with Crippen LogP contribution in [0.25, 0.3) is 0 Å². The number of piperidine rings is 1. The Bertz CT molecular complexity index is 627. The predicted octanol–water partition coefficient (Wildman–Crippen LogP) is 0.796. The number of imidazole rings is 1. The third-order valence-corrected chi connectivity index (χ3v) is 3.94. The van der Waals surface area contributed by atoms with E-state index in [0.29, 0.717) is 17.7 Å². The quantitative estimate of drug-likeness (QED) is 0.852. The average Bonchev–Trinajstić information content (AvgIpc) is 3.16. The van der Waals surface area contributed by atoms with Gasteiger partial charge in [0.15, 0.2) is 5.69 Å². The first-order chi connectivity index (χ1) is 10.7. The van der Waals surface area contributed by atoms with Crippen molar-refractivity contribution < 1.29 is 4.79 Å². The van der Waals surface area contributed by atoms with Crippen LogP contribution in [0, 0.1) is 0 Å². The Morgan fingerprint density at radius 1 is 1.50 bits per heavy atom. The molecule has 1 unspecified atom stereocenters. The number of carbonyl (C=O) groups excluding carboxylic acids is 1. The summed E-state index contributed by atoms with van der Waals surface area (Å²) in [6.07, 6.45) is 9.84. The summed E-state index contributed by atoms with van der Waals surface area (Å²) in [6, 6.07) is 0.544. The zero-order chi connectivity index (χ0) is 15.4. The van der Waals surface area contributed by atoms with Gasteiger partial charge in [0.1, 0.15) is 0 Å². The fraction of sp³-hybridized carbons (Fsp3) is 0.571. The van der Waals surface area contributed by atoms with Crippen LogP contribution in [-0.4, -0.2) is 43.0 Å². The van der Waals surface area contributed by atoms with Gasteiger partial charge in [-0.15, -0.1) is 5.10 Å². The topological polar surface area (TPSA) is 89.7 Å². The molecule has 2 aromatic heterocycles. The van der Waals surface area contributed by atoms with Gasteiger partial charge in [-0.3, -0.25) is 14.8 Å². The second-order valence-corrected chi connectivity index (χ2v) is 5.62. The van der Waals surface area contributed by atoms with E-state index in [0.717, 1.165) is 19.5 Å². The van der Waals surface area contributed by atoms with Crippen molar-refractivity contribution in [1.82, 2.24) is 29.9 Å². The van der Waals surface area contributed by atoms with E-state index in [1.807, 2.05) is 7.05 Å². The molecule has 3 rings (SSSR count). The standard InChI is InChI=1S/C14H21N7O/c1-20-9-7-16-14(20)17-13(22)12-10-21(19-18-12)8-5-11-4-2-3-6-15-11/h7,9-11,15H,2-6,8H2,1H3,(H,16,17,22). The molecule has 1 saturated heterocycles. The molecule has 1 fully saturated rings. The maximum atomic E-state index is 12.1. The third kappa shape index (κ3) is 3.51. The number of hydrogen-bond donors (Lipinski definition) is 2. The van der Waals surface area contributed by atoms with Crippen molar-refractivity contribution in [2.75, 3.05) is 11.9 Å². The molecule has 0 spiro atoms. The van der Waals surface area contributed by atoms with Gasteiger partial charge in [0.2, 0.25) is 5.95 Å². The number of nitrogens with zero attached hydrogens (tertiary/aromatic N) is 5. The minimum atomic E-state index is -0.295. The summed E-state index contributed by atoms with van der Waals surface area (Å²) < 4.78 is 3.46. The number of amides is 1. The van der Waals surface area contributed by atoms with Gasteiger partial charge in [0.25, 0.3) is 5.91 Å². The van der Waals surface area contributed by atoms with E-state index in [2.05, 4.69) is 25.9 Å². The molecular formula is C14H21N7O. The van der Waals surface area contributed by atoms with Crippen LogP contribution >= 0.6 is 0 Å². The molecule has 0 saturated carbocycles. The van der Waals surface area contributed by atoms with Gasteiger partial charge in [0.05, 0.1) is 6.20 Å². The van der Waals surface area contributed by atoms with Crippen LogP contribution in [-0.2, 0) is 13.6 Å². The minimum absolute atomic E-state index is 0.295. The monoisotopic (exact) mass is 303 g/mol. The van der Waals surface area contributed by atoms with E-state index in [4.69, 9.17) is 0 Å². The van der Waals surface area contributed by atoms with Crippen molar-refractivity contribution in [3.05, 3.63) is 24.3 Å². The number of hydrogen-bond acceptors (Lipinski definition) is 5. The molecule has 1 aliphatic heterocycles.